The maximum absolute atomic E-state index is 12.4. The Hall–Kier alpha value is -2.84. The molecule has 0 bridgehead atoms. The number of aliphatic hydroxyl groups is 1. The lowest BCUT2D eigenvalue weighted by Crippen LogP contribution is -2.43. The first-order chi connectivity index (χ1) is 12.1. The van der Waals surface area contributed by atoms with E-state index in [1.165, 1.54) is 0 Å². The highest BCUT2D eigenvalue weighted by atomic mass is 16.5. The third-order valence-electron chi connectivity index (χ3n) is 4.65. The van der Waals surface area contributed by atoms with Crippen LogP contribution in [0.3, 0.4) is 0 Å². The molecule has 0 heterocycles. The summed E-state index contributed by atoms with van der Waals surface area (Å²) in [5, 5.41) is 22.8. The molecule has 2 aromatic rings. The predicted molar refractivity (Wildman–Crippen MR) is 93.3 cm³/mol. The number of ether oxygens (including phenoxy) is 1. The zero-order valence-corrected chi connectivity index (χ0v) is 14.1. The fourth-order valence-electron chi connectivity index (χ4n) is 3.31. The summed E-state index contributed by atoms with van der Waals surface area (Å²) in [7, 11) is 1.62. The lowest BCUT2D eigenvalue weighted by atomic mass is 9.79. The standard InChI is InChI=1S/C20H20N2O3/c1-25-17-7-8-18-15(11-17)6-3-9-20(18,24)13-22-19(23)16-5-2-4-14(10-16)12-21/h2,4-5,7-8,10-11,24H,3,6,9,13H2,1H3,(H,22,23)/t20-/m0/s1. The first-order valence-corrected chi connectivity index (χ1v) is 8.24. The van der Waals surface area contributed by atoms with E-state index in [4.69, 9.17) is 10.00 Å². The number of nitriles is 1. The number of aryl methyl sites for hydroxylation is 1. The molecule has 1 aliphatic rings. The molecule has 0 saturated carbocycles. The summed E-state index contributed by atoms with van der Waals surface area (Å²) in [6, 6.07) is 14.2. The highest BCUT2D eigenvalue weighted by Crippen LogP contribution is 2.36. The van der Waals surface area contributed by atoms with Crippen molar-refractivity contribution < 1.29 is 14.6 Å². The third-order valence-corrected chi connectivity index (χ3v) is 4.65. The average Bonchev–Trinajstić information content (AvgIpc) is 2.66. The van der Waals surface area contributed by atoms with Gasteiger partial charge in [0.05, 0.1) is 25.3 Å². The number of benzene rings is 2. The van der Waals surface area contributed by atoms with E-state index in [-0.39, 0.29) is 12.5 Å². The van der Waals surface area contributed by atoms with Gasteiger partial charge in [0.15, 0.2) is 0 Å². The molecule has 0 aliphatic heterocycles. The Morgan fingerprint density at radius 3 is 2.96 bits per heavy atom. The van der Waals surface area contributed by atoms with E-state index in [1.807, 2.05) is 24.3 Å². The second-order valence-electron chi connectivity index (χ2n) is 6.28. The number of amides is 1. The van der Waals surface area contributed by atoms with Gasteiger partial charge in [0.25, 0.3) is 5.91 Å². The highest BCUT2D eigenvalue weighted by molar-refractivity contribution is 5.94. The molecule has 128 valence electrons. The fraction of sp³-hybridized carbons (Fsp3) is 0.300. The SMILES string of the molecule is COc1ccc2c(c1)CCC[C@]2(O)CNC(=O)c1cccc(C#N)c1. The lowest BCUT2D eigenvalue weighted by Gasteiger charge is -2.35. The van der Waals surface area contributed by atoms with E-state index >= 15 is 0 Å². The number of methoxy groups -OCH3 is 1. The molecule has 1 atom stereocenters. The quantitative estimate of drug-likeness (QED) is 0.899. The van der Waals surface area contributed by atoms with E-state index in [1.54, 1.807) is 31.4 Å². The van der Waals surface area contributed by atoms with Gasteiger partial charge in [0.1, 0.15) is 11.4 Å². The van der Waals surface area contributed by atoms with Crippen molar-refractivity contribution in [2.45, 2.75) is 24.9 Å². The number of hydrogen-bond donors (Lipinski definition) is 2. The van der Waals surface area contributed by atoms with E-state index in [2.05, 4.69) is 5.32 Å². The Labute approximate surface area is 146 Å². The summed E-state index contributed by atoms with van der Waals surface area (Å²) in [4.78, 5) is 12.4. The van der Waals surface area contributed by atoms with Crippen molar-refractivity contribution >= 4 is 5.91 Å². The van der Waals surface area contributed by atoms with Crippen molar-refractivity contribution in [2.24, 2.45) is 0 Å². The molecule has 2 N–H and O–H groups in total. The minimum Gasteiger partial charge on any atom is -0.497 e. The lowest BCUT2D eigenvalue weighted by molar-refractivity contribution is 0.0189. The highest BCUT2D eigenvalue weighted by Gasteiger charge is 2.34. The molecule has 0 unspecified atom stereocenters. The number of nitrogens with one attached hydrogen (secondary N) is 1. The van der Waals surface area contributed by atoms with Gasteiger partial charge in [-0.2, -0.15) is 5.26 Å². The molecule has 2 aromatic carbocycles. The second-order valence-corrected chi connectivity index (χ2v) is 6.28. The molecular formula is C20H20N2O3. The Morgan fingerprint density at radius 2 is 2.20 bits per heavy atom. The number of carbonyl (C=O) groups excluding carboxylic acids is 1. The Morgan fingerprint density at radius 1 is 1.36 bits per heavy atom. The van der Waals surface area contributed by atoms with Gasteiger partial charge >= 0.3 is 0 Å². The van der Waals surface area contributed by atoms with Crippen LogP contribution >= 0.6 is 0 Å². The van der Waals surface area contributed by atoms with Gasteiger partial charge in [0, 0.05) is 5.56 Å². The molecule has 0 saturated heterocycles. The molecule has 5 nitrogen and oxygen atoms in total. The number of hydrogen-bond acceptors (Lipinski definition) is 4. The second kappa shape index (κ2) is 6.96. The van der Waals surface area contributed by atoms with Crippen LogP contribution in [-0.4, -0.2) is 24.7 Å². The Balaban J connectivity index is 1.77. The third kappa shape index (κ3) is 3.49. The first-order valence-electron chi connectivity index (χ1n) is 8.24. The van der Waals surface area contributed by atoms with Gasteiger partial charge in [0.2, 0.25) is 0 Å². The normalized spacial score (nSPS) is 18.8. The Bertz CT molecular complexity index is 841. The van der Waals surface area contributed by atoms with E-state index in [0.717, 1.165) is 29.7 Å². The molecule has 3 rings (SSSR count). The number of carbonyl (C=O) groups is 1. The summed E-state index contributed by atoms with van der Waals surface area (Å²) in [6.07, 6.45) is 2.31. The van der Waals surface area contributed by atoms with E-state index in [9.17, 15) is 9.90 Å². The maximum atomic E-state index is 12.4. The van der Waals surface area contributed by atoms with E-state index in [0.29, 0.717) is 17.5 Å². The fourth-order valence-corrected chi connectivity index (χ4v) is 3.31. The monoisotopic (exact) mass is 336 g/mol. The van der Waals surface area contributed by atoms with Crippen LogP contribution in [0.2, 0.25) is 0 Å². The van der Waals surface area contributed by atoms with Crippen molar-refractivity contribution in [1.82, 2.24) is 5.32 Å². The van der Waals surface area contributed by atoms with Gasteiger partial charge in [-0.25, -0.2) is 0 Å². The summed E-state index contributed by atoms with van der Waals surface area (Å²) >= 11 is 0. The van der Waals surface area contributed by atoms with Crippen molar-refractivity contribution in [3.05, 3.63) is 64.7 Å². The summed E-state index contributed by atoms with van der Waals surface area (Å²) in [5.41, 5.74) is 1.64. The summed E-state index contributed by atoms with van der Waals surface area (Å²) in [6.45, 7) is 0.127. The number of fused-ring (bicyclic) bond motifs is 1. The zero-order chi connectivity index (χ0) is 17.9. The van der Waals surface area contributed by atoms with Crippen molar-refractivity contribution in [1.29, 1.82) is 5.26 Å². The van der Waals surface area contributed by atoms with Crippen molar-refractivity contribution in [3.8, 4) is 11.8 Å². The van der Waals surface area contributed by atoms with Crippen molar-refractivity contribution in [2.75, 3.05) is 13.7 Å². The molecule has 1 aliphatic carbocycles. The van der Waals surface area contributed by atoms with Crippen LogP contribution in [0.25, 0.3) is 0 Å². The summed E-state index contributed by atoms with van der Waals surface area (Å²) in [5.74, 6) is 0.464. The molecule has 25 heavy (non-hydrogen) atoms. The molecule has 0 radical (unpaired) electrons. The zero-order valence-electron chi connectivity index (χ0n) is 14.1. The molecular weight excluding hydrogens is 316 g/mol. The molecule has 0 spiro atoms. The largest absolute Gasteiger partial charge is 0.497 e. The Kier molecular flexibility index (Phi) is 4.73. The number of nitrogens with zero attached hydrogens (tertiary/aromatic N) is 1. The van der Waals surface area contributed by atoms with Crippen LogP contribution < -0.4 is 10.1 Å². The van der Waals surface area contributed by atoms with Crippen LogP contribution in [0.15, 0.2) is 42.5 Å². The van der Waals surface area contributed by atoms with Crippen LogP contribution in [0.1, 0.15) is 39.9 Å². The average molecular weight is 336 g/mol. The minimum absolute atomic E-state index is 0.127. The van der Waals surface area contributed by atoms with Crippen LogP contribution in [0.4, 0.5) is 0 Å². The predicted octanol–water partition coefficient (Wildman–Crippen LogP) is 2.52. The van der Waals surface area contributed by atoms with Crippen LogP contribution in [-0.2, 0) is 12.0 Å². The van der Waals surface area contributed by atoms with Gasteiger partial charge in [-0.1, -0.05) is 12.1 Å². The van der Waals surface area contributed by atoms with E-state index < -0.39 is 5.60 Å². The molecule has 0 fully saturated rings. The molecule has 5 heteroatoms. The molecule has 0 aromatic heterocycles. The van der Waals surface area contributed by atoms with Crippen LogP contribution in [0, 0.1) is 11.3 Å². The number of rotatable bonds is 4. The topological polar surface area (TPSA) is 82.3 Å². The van der Waals surface area contributed by atoms with Crippen molar-refractivity contribution in [3.63, 3.8) is 0 Å². The van der Waals surface area contributed by atoms with Crippen LogP contribution in [0.5, 0.6) is 5.75 Å². The van der Waals surface area contributed by atoms with Gasteiger partial charge in [-0.3, -0.25) is 4.79 Å². The van der Waals surface area contributed by atoms with Gasteiger partial charge < -0.3 is 15.2 Å². The van der Waals surface area contributed by atoms with Gasteiger partial charge in [-0.15, -0.1) is 0 Å². The first kappa shape index (κ1) is 17.0. The maximum Gasteiger partial charge on any atom is 0.251 e. The summed E-state index contributed by atoms with van der Waals surface area (Å²) < 4.78 is 5.25. The molecule has 1 amide bonds. The van der Waals surface area contributed by atoms with Gasteiger partial charge in [-0.05, 0) is 60.7 Å². The minimum atomic E-state index is -1.09. The smallest absolute Gasteiger partial charge is 0.251 e.